The predicted molar refractivity (Wildman–Crippen MR) is 121 cm³/mol. The van der Waals surface area contributed by atoms with Gasteiger partial charge in [-0.05, 0) is 40.6 Å². The number of rotatable bonds is 5. The van der Waals surface area contributed by atoms with Crippen molar-refractivity contribution < 1.29 is 10.2 Å². The Labute approximate surface area is 169 Å². The van der Waals surface area contributed by atoms with E-state index in [0.717, 1.165) is 21.5 Å². The fourth-order valence-electron chi connectivity index (χ4n) is 3.39. The van der Waals surface area contributed by atoms with E-state index in [0.29, 0.717) is 17.7 Å². The van der Waals surface area contributed by atoms with Gasteiger partial charge in [0.15, 0.2) is 0 Å². The van der Waals surface area contributed by atoms with Gasteiger partial charge in [0, 0.05) is 23.6 Å². The molecule has 2 N–H and O–H groups in total. The quantitative estimate of drug-likeness (QED) is 0.458. The van der Waals surface area contributed by atoms with Crippen LogP contribution in [0.1, 0.15) is 18.1 Å². The smallest absolute Gasteiger partial charge is 0.124 e. The molecule has 4 aromatic rings. The van der Waals surface area contributed by atoms with Crippen molar-refractivity contribution in [1.82, 2.24) is 0 Å². The van der Waals surface area contributed by atoms with E-state index in [4.69, 9.17) is 0 Å². The van der Waals surface area contributed by atoms with Crippen LogP contribution >= 0.6 is 0 Å². The molecule has 4 aromatic carbocycles. The average molecular weight is 382 g/mol. The molecule has 0 aliphatic rings. The number of aromatic hydroxyl groups is 2. The second kappa shape index (κ2) is 8.15. The average Bonchev–Trinajstić information content (AvgIpc) is 2.74. The van der Waals surface area contributed by atoms with Gasteiger partial charge in [-0.15, -0.1) is 0 Å². The molecule has 4 nitrogen and oxygen atoms in total. The van der Waals surface area contributed by atoms with Crippen molar-refractivity contribution in [2.45, 2.75) is 13.0 Å². The molecule has 0 spiro atoms. The van der Waals surface area contributed by atoms with Crippen molar-refractivity contribution in [3.05, 3.63) is 83.9 Å². The van der Waals surface area contributed by atoms with Gasteiger partial charge in [-0.3, -0.25) is 9.98 Å². The first kappa shape index (κ1) is 18.7. The second-order valence-electron chi connectivity index (χ2n) is 7.06. The highest BCUT2D eigenvalue weighted by Crippen LogP contribution is 2.26. The molecule has 0 fully saturated rings. The summed E-state index contributed by atoms with van der Waals surface area (Å²) in [5.74, 6) is 0.424. The zero-order valence-corrected chi connectivity index (χ0v) is 16.2. The molecular formula is C25H22N2O2. The molecule has 1 atom stereocenters. The van der Waals surface area contributed by atoms with Gasteiger partial charge >= 0.3 is 0 Å². The Kier molecular flexibility index (Phi) is 5.25. The maximum absolute atomic E-state index is 10.2. The minimum absolute atomic E-state index is 0.0678. The van der Waals surface area contributed by atoms with E-state index in [9.17, 15) is 10.2 Å². The molecule has 0 aliphatic heterocycles. The van der Waals surface area contributed by atoms with Crippen LogP contribution in [0.5, 0.6) is 11.5 Å². The van der Waals surface area contributed by atoms with Crippen LogP contribution in [0.3, 0.4) is 0 Å². The van der Waals surface area contributed by atoms with Crippen LogP contribution < -0.4 is 0 Å². The summed E-state index contributed by atoms with van der Waals surface area (Å²) in [7, 11) is 0. The Hall–Kier alpha value is -3.66. The van der Waals surface area contributed by atoms with E-state index in [1.165, 1.54) is 0 Å². The van der Waals surface area contributed by atoms with Crippen molar-refractivity contribution in [3.8, 4) is 11.5 Å². The molecule has 0 aromatic heterocycles. The van der Waals surface area contributed by atoms with E-state index < -0.39 is 0 Å². The Balaban J connectivity index is 1.52. The monoisotopic (exact) mass is 382 g/mol. The number of benzene rings is 4. The van der Waals surface area contributed by atoms with Crippen LogP contribution in [-0.2, 0) is 0 Å². The Morgan fingerprint density at radius 2 is 1.24 bits per heavy atom. The van der Waals surface area contributed by atoms with E-state index >= 15 is 0 Å². The van der Waals surface area contributed by atoms with Crippen LogP contribution in [0.2, 0.25) is 0 Å². The van der Waals surface area contributed by atoms with Crippen LogP contribution in [0, 0.1) is 0 Å². The minimum atomic E-state index is -0.0678. The maximum atomic E-state index is 10.2. The van der Waals surface area contributed by atoms with Crippen LogP contribution in [0.15, 0.2) is 82.8 Å². The summed E-state index contributed by atoms with van der Waals surface area (Å²) in [6.45, 7) is 2.45. The van der Waals surface area contributed by atoms with E-state index in [2.05, 4.69) is 9.98 Å². The SMILES string of the molecule is C[C@@H](CN=Cc1c(O)ccc2ccccc12)N=Cc1c(O)ccc2ccccc12. The van der Waals surface area contributed by atoms with Gasteiger partial charge in [0.2, 0.25) is 0 Å². The standard InChI is InChI=1S/C25H22N2O2/c1-17(27-16-23-21-9-5-3-7-19(21)11-13-25(23)29)14-26-15-22-20-8-4-2-6-18(20)10-12-24(22)28/h2-13,15-17,28-29H,14H2,1H3/t17-/m0/s1. The number of phenolic OH excluding ortho intramolecular Hbond substituents is 2. The third-order valence-corrected chi connectivity index (χ3v) is 4.94. The Morgan fingerprint density at radius 1 is 0.724 bits per heavy atom. The largest absolute Gasteiger partial charge is 0.507 e. The molecule has 0 unspecified atom stereocenters. The fourth-order valence-corrected chi connectivity index (χ4v) is 3.39. The van der Waals surface area contributed by atoms with Gasteiger partial charge < -0.3 is 10.2 Å². The second-order valence-corrected chi connectivity index (χ2v) is 7.06. The highest BCUT2D eigenvalue weighted by Gasteiger charge is 2.06. The van der Waals surface area contributed by atoms with Gasteiger partial charge in [-0.1, -0.05) is 60.7 Å². The van der Waals surface area contributed by atoms with Gasteiger partial charge in [-0.2, -0.15) is 0 Å². The molecule has 144 valence electrons. The van der Waals surface area contributed by atoms with E-state index in [1.54, 1.807) is 24.6 Å². The zero-order valence-electron chi connectivity index (χ0n) is 16.2. The molecule has 0 saturated carbocycles. The van der Waals surface area contributed by atoms with Gasteiger partial charge in [0.25, 0.3) is 0 Å². The van der Waals surface area contributed by atoms with Crippen molar-refractivity contribution in [2.24, 2.45) is 9.98 Å². The molecule has 0 heterocycles. The molecule has 0 bridgehead atoms. The molecule has 0 aliphatic carbocycles. The van der Waals surface area contributed by atoms with E-state index in [1.807, 2.05) is 67.6 Å². The number of hydrogen-bond donors (Lipinski definition) is 2. The third kappa shape index (κ3) is 3.97. The lowest BCUT2D eigenvalue weighted by molar-refractivity contribution is 0.474. The number of nitrogens with zero attached hydrogens (tertiary/aromatic N) is 2. The first-order valence-corrected chi connectivity index (χ1v) is 9.58. The lowest BCUT2D eigenvalue weighted by Crippen LogP contribution is -2.04. The highest BCUT2D eigenvalue weighted by atomic mass is 16.3. The normalized spacial score (nSPS) is 13.0. The maximum Gasteiger partial charge on any atom is 0.124 e. The molecule has 4 heteroatoms. The van der Waals surface area contributed by atoms with Crippen LogP contribution in [-0.4, -0.2) is 35.2 Å². The molecule has 0 saturated heterocycles. The lowest BCUT2D eigenvalue weighted by atomic mass is 10.0. The molecule has 0 radical (unpaired) electrons. The summed E-state index contributed by atoms with van der Waals surface area (Å²) in [4.78, 5) is 9.05. The topological polar surface area (TPSA) is 65.2 Å². The predicted octanol–water partition coefficient (Wildman–Crippen LogP) is 5.33. The molecule has 29 heavy (non-hydrogen) atoms. The fraction of sp³-hybridized carbons (Fsp3) is 0.120. The van der Waals surface area contributed by atoms with Gasteiger partial charge in [0.05, 0.1) is 12.6 Å². The Bertz CT molecular complexity index is 1230. The van der Waals surface area contributed by atoms with Crippen LogP contribution in [0.25, 0.3) is 21.5 Å². The molecule has 4 rings (SSSR count). The van der Waals surface area contributed by atoms with Crippen LogP contribution in [0.4, 0.5) is 0 Å². The first-order valence-electron chi connectivity index (χ1n) is 9.58. The van der Waals surface area contributed by atoms with E-state index in [-0.39, 0.29) is 17.5 Å². The number of hydrogen-bond acceptors (Lipinski definition) is 4. The summed E-state index contributed by atoms with van der Waals surface area (Å²) in [5.41, 5.74) is 1.43. The number of phenols is 2. The van der Waals surface area contributed by atoms with Crippen molar-refractivity contribution in [2.75, 3.05) is 6.54 Å². The summed E-state index contributed by atoms with van der Waals surface area (Å²) >= 11 is 0. The van der Waals surface area contributed by atoms with Crippen molar-refractivity contribution in [1.29, 1.82) is 0 Å². The number of aliphatic imine (C=N–C) groups is 2. The molecular weight excluding hydrogens is 360 g/mol. The highest BCUT2D eigenvalue weighted by molar-refractivity contribution is 6.03. The summed E-state index contributed by atoms with van der Waals surface area (Å²) in [5, 5.41) is 24.5. The zero-order chi connectivity index (χ0) is 20.2. The first-order chi connectivity index (χ1) is 14.1. The summed E-state index contributed by atoms with van der Waals surface area (Å²) in [6, 6.07) is 22.9. The third-order valence-electron chi connectivity index (χ3n) is 4.94. The van der Waals surface area contributed by atoms with Crippen molar-refractivity contribution in [3.63, 3.8) is 0 Å². The Morgan fingerprint density at radius 3 is 1.83 bits per heavy atom. The summed E-state index contributed by atoms with van der Waals surface area (Å²) in [6.07, 6.45) is 3.42. The summed E-state index contributed by atoms with van der Waals surface area (Å²) < 4.78 is 0. The lowest BCUT2D eigenvalue weighted by Gasteiger charge is -2.07. The van der Waals surface area contributed by atoms with Crippen molar-refractivity contribution >= 4 is 34.0 Å². The number of fused-ring (bicyclic) bond motifs is 2. The minimum Gasteiger partial charge on any atom is -0.507 e. The van der Waals surface area contributed by atoms with Gasteiger partial charge in [0.1, 0.15) is 11.5 Å². The molecule has 0 amide bonds. The van der Waals surface area contributed by atoms with Gasteiger partial charge in [-0.25, -0.2) is 0 Å².